The smallest absolute Gasteiger partial charge is 0.154 e. The van der Waals surface area contributed by atoms with E-state index in [1.807, 2.05) is 16.9 Å². The second-order valence-electron chi connectivity index (χ2n) is 6.03. The summed E-state index contributed by atoms with van der Waals surface area (Å²) in [5, 5.41) is 4.75. The normalized spacial score (nSPS) is 15.3. The van der Waals surface area contributed by atoms with Crippen molar-refractivity contribution in [2.75, 3.05) is 31.2 Å². The minimum Gasteiger partial charge on any atom is -0.378 e. The molecule has 0 atom stereocenters. The third-order valence-electron chi connectivity index (χ3n) is 4.34. The van der Waals surface area contributed by atoms with Gasteiger partial charge in [-0.15, -0.1) is 0 Å². The quantitative estimate of drug-likeness (QED) is 0.730. The molecule has 4 rings (SSSR count). The van der Waals surface area contributed by atoms with Crippen molar-refractivity contribution in [3.63, 3.8) is 0 Å². The molecule has 1 aliphatic rings. The molecule has 5 nitrogen and oxygen atoms in total. The van der Waals surface area contributed by atoms with Gasteiger partial charge in [0.15, 0.2) is 5.82 Å². The average Bonchev–Trinajstić information content (AvgIpc) is 2.99. The first-order chi connectivity index (χ1) is 11.2. The Balaban J connectivity index is 1.81. The maximum atomic E-state index is 5.44. The van der Waals surface area contributed by atoms with Crippen LogP contribution in [0.5, 0.6) is 0 Å². The highest BCUT2D eigenvalue weighted by Crippen LogP contribution is 2.27. The largest absolute Gasteiger partial charge is 0.378 e. The van der Waals surface area contributed by atoms with Crippen LogP contribution in [-0.4, -0.2) is 40.9 Å². The Morgan fingerprint density at radius 3 is 2.70 bits per heavy atom. The van der Waals surface area contributed by atoms with E-state index in [1.54, 1.807) is 0 Å². The summed E-state index contributed by atoms with van der Waals surface area (Å²) in [4.78, 5) is 6.85. The number of ether oxygens (including phenoxy) is 1. The molecule has 0 spiro atoms. The Morgan fingerprint density at radius 1 is 1.09 bits per heavy atom. The number of aromatic nitrogens is 3. The van der Waals surface area contributed by atoms with E-state index in [4.69, 9.17) is 9.84 Å². The summed E-state index contributed by atoms with van der Waals surface area (Å²) in [7, 11) is 0. The van der Waals surface area contributed by atoms with E-state index in [2.05, 4.69) is 48.0 Å². The van der Waals surface area contributed by atoms with Crippen LogP contribution < -0.4 is 4.90 Å². The van der Waals surface area contributed by atoms with Gasteiger partial charge in [-0.2, -0.15) is 5.10 Å². The number of aryl methyl sites for hydroxylation is 2. The van der Waals surface area contributed by atoms with E-state index in [0.717, 1.165) is 43.3 Å². The van der Waals surface area contributed by atoms with E-state index in [0.29, 0.717) is 0 Å². The van der Waals surface area contributed by atoms with E-state index in [1.165, 1.54) is 16.7 Å². The minimum atomic E-state index is 0.751. The molecule has 3 aromatic rings. The summed E-state index contributed by atoms with van der Waals surface area (Å²) in [6.07, 6.45) is 3.73. The second-order valence-corrected chi connectivity index (χ2v) is 6.03. The van der Waals surface area contributed by atoms with Gasteiger partial charge in [0.1, 0.15) is 5.52 Å². The first-order valence-corrected chi connectivity index (χ1v) is 7.97. The lowest BCUT2D eigenvalue weighted by Gasteiger charge is -2.27. The molecule has 0 amide bonds. The number of rotatable bonds is 2. The van der Waals surface area contributed by atoms with Crippen molar-refractivity contribution in [1.29, 1.82) is 0 Å². The van der Waals surface area contributed by atoms with Crippen LogP contribution in [0.2, 0.25) is 0 Å². The maximum Gasteiger partial charge on any atom is 0.154 e. The molecule has 0 N–H and O–H groups in total. The van der Waals surface area contributed by atoms with Gasteiger partial charge in [-0.25, -0.2) is 9.50 Å². The molecule has 5 heteroatoms. The summed E-state index contributed by atoms with van der Waals surface area (Å²) < 4.78 is 7.37. The Hall–Kier alpha value is -2.40. The van der Waals surface area contributed by atoms with Crippen molar-refractivity contribution in [3.05, 3.63) is 47.8 Å². The summed E-state index contributed by atoms with van der Waals surface area (Å²) in [5.74, 6) is 0.985. The minimum absolute atomic E-state index is 0.751. The first kappa shape index (κ1) is 14.2. The lowest BCUT2D eigenvalue weighted by Crippen LogP contribution is -2.37. The molecule has 1 aromatic carbocycles. The average molecular weight is 308 g/mol. The first-order valence-electron chi connectivity index (χ1n) is 7.97. The Labute approximate surface area is 135 Å². The molecule has 0 radical (unpaired) electrons. The highest BCUT2D eigenvalue weighted by atomic mass is 16.5. The molecule has 3 heterocycles. The molecule has 2 aromatic heterocycles. The predicted molar refractivity (Wildman–Crippen MR) is 90.9 cm³/mol. The van der Waals surface area contributed by atoms with Gasteiger partial charge >= 0.3 is 0 Å². The number of nitrogens with zero attached hydrogens (tertiary/aromatic N) is 4. The van der Waals surface area contributed by atoms with E-state index < -0.39 is 0 Å². The van der Waals surface area contributed by atoms with Crippen LogP contribution in [-0.2, 0) is 4.74 Å². The van der Waals surface area contributed by atoms with E-state index in [-0.39, 0.29) is 0 Å². The van der Waals surface area contributed by atoms with Crippen molar-refractivity contribution in [1.82, 2.24) is 14.6 Å². The maximum absolute atomic E-state index is 5.44. The van der Waals surface area contributed by atoms with E-state index >= 15 is 0 Å². The SMILES string of the molecule is Cc1ccc(-c2cc3c(N4CCOCC4)nccn3n2)c(C)c1. The number of hydrogen-bond donors (Lipinski definition) is 0. The zero-order chi connectivity index (χ0) is 15.8. The molecule has 0 bridgehead atoms. The summed E-state index contributed by atoms with van der Waals surface area (Å²) in [6.45, 7) is 7.49. The van der Waals surface area contributed by atoms with E-state index in [9.17, 15) is 0 Å². The zero-order valence-electron chi connectivity index (χ0n) is 13.5. The van der Waals surface area contributed by atoms with Gasteiger partial charge in [-0.05, 0) is 25.5 Å². The molecule has 0 saturated carbocycles. The van der Waals surface area contributed by atoms with Crippen LogP contribution in [0.1, 0.15) is 11.1 Å². The van der Waals surface area contributed by atoms with Gasteiger partial charge in [0.05, 0.1) is 18.9 Å². The van der Waals surface area contributed by atoms with Crippen molar-refractivity contribution >= 4 is 11.3 Å². The number of fused-ring (bicyclic) bond motifs is 1. The zero-order valence-corrected chi connectivity index (χ0v) is 13.5. The van der Waals surface area contributed by atoms with Crippen LogP contribution in [0.25, 0.3) is 16.8 Å². The van der Waals surface area contributed by atoms with Crippen molar-refractivity contribution in [2.24, 2.45) is 0 Å². The predicted octanol–water partition coefficient (Wildman–Crippen LogP) is 2.85. The van der Waals surface area contributed by atoms with Crippen molar-refractivity contribution in [3.8, 4) is 11.3 Å². The van der Waals surface area contributed by atoms with Gasteiger partial charge in [-0.3, -0.25) is 0 Å². The molecule has 1 saturated heterocycles. The standard InChI is InChI=1S/C18H20N4O/c1-13-3-4-15(14(2)11-13)16-12-17-18(19-5-6-22(17)20-16)21-7-9-23-10-8-21/h3-6,11-12H,7-10H2,1-2H3. The molecule has 118 valence electrons. The molecule has 1 fully saturated rings. The third kappa shape index (κ3) is 2.57. The lowest BCUT2D eigenvalue weighted by molar-refractivity contribution is 0.122. The van der Waals surface area contributed by atoms with Crippen LogP contribution in [0.15, 0.2) is 36.7 Å². The van der Waals surface area contributed by atoms with Crippen molar-refractivity contribution < 1.29 is 4.74 Å². The highest BCUT2D eigenvalue weighted by molar-refractivity contribution is 5.76. The van der Waals surface area contributed by atoms with Crippen LogP contribution >= 0.6 is 0 Å². The van der Waals surface area contributed by atoms with Gasteiger partial charge in [0.25, 0.3) is 0 Å². The lowest BCUT2D eigenvalue weighted by atomic mass is 10.0. The second kappa shape index (κ2) is 5.66. The monoisotopic (exact) mass is 308 g/mol. The van der Waals surface area contributed by atoms with Gasteiger partial charge in [0.2, 0.25) is 0 Å². The Morgan fingerprint density at radius 2 is 1.91 bits per heavy atom. The summed E-state index contributed by atoms with van der Waals surface area (Å²) >= 11 is 0. The molecular weight excluding hydrogens is 288 g/mol. The fourth-order valence-electron chi connectivity index (χ4n) is 3.16. The van der Waals surface area contributed by atoms with Gasteiger partial charge in [0, 0.05) is 31.0 Å². The number of hydrogen-bond acceptors (Lipinski definition) is 4. The Kier molecular flexibility index (Phi) is 3.50. The van der Waals surface area contributed by atoms with Gasteiger partial charge in [-0.1, -0.05) is 23.8 Å². The number of morpholine rings is 1. The third-order valence-corrected chi connectivity index (χ3v) is 4.34. The van der Waals surface area contributed by atoms with Gasteiger partial charge < -0.3 is 9.64 Å². The van der Waals surface area contributed by atoms with Crippen molar-refractivity contribution in [2.45, 2.75) is 13.8 Å². The molecule has 0 unspecified atom stereocenters. The molecule has 1 aliphatic heterocycles. The summed E-state index contributed by atoms with van der Waals surface area (Å²) in [5.41, 5.74) is 5.72. The highest BCUT2D eigenvalue weighted by Gasteiger charge is 2.17. The topological polar surface area (TPSA) is 42.7 Å². The molecular formula is C18H20N4O. The Bertz CT molecular complexity index is 849. The fraction of sp³-hybridized carbons (Fsp3) is 0.333. The van der Waals surface area contributed by atoms with Crippen LogP contribution in [0.4, 0.5) is 5.82 Å². The summed E-state index contributed by atoms with van der Waals surface area (Å²) in [6, 6.07) is 8.61. The van der Waals surface area contributed by atoms with Crippen LogP contribution in [0.3, 0.4) is 0 Å². The van der Waals surface area contributed by atoms with Crippen LogP contribution in [0, 0.1) is 13.8 Å². The number of anilines is 1. The molecule has 23 heavy (non-hydrogen) atoms. The fourth-order valence-corrected chi connectivity index (χ4v) is 3.16. The number of benzene rings is 1. The molecule has 0 aliphatic carbocycles.